The molecule has 0 unspecified atom stereocenters. The van der Waals surface area contributed by atoms with Crippen molar-refractivity contribution in [2.45, 2.75) is 111 Å². The van der Waals surface area contributed by atoms with Crippen molar-refractivity contribution < 1.29 is 34.5 Å². The molecular formula is C40H63N7O7. The number of hydrogen-bond donors (Lipinski definition) is 6. The SMILES string of the molecule is CC[C@H](C)[C@@H](C(=O)N[C@@H](Cc1ccccc1)[C@@H](O)CN(CCC(C)C)NC(=O)CC(C)(C)CNC(=O)O)N1CCN(Cc2cccc(C(C)(C)O)n2)C1=O. The fraction of sp³-hybridized carbons (Fsp3) is 0.625. The number of aliphatic hydroxyl groups excluding tert-OH is 1. The molecule has 54 heavy (non-hydrogen) atoms. The molecule has 1 aliphatic rings. The third-order valence-corrected chi connectivity index (χ3v) is 9.82. The van der Waals surface area contributed by atoms with E-state index in [1.807, 2.05) is 50.2 Å². The molecule has 14 heteroatoms. The summed E-state index contributed by atoms with van der Waals surface area (Å²) in [7, 11) is 0. The molecule has 0 aliphatic carbocycles. The van der Waals surface area contributed by atoms with Gasteiger partial charge in [0.25, 0.3) is 0 Å². The first-order valence-electron chi connectivity index (χ1n) is 19.1. The van der Waals surface area contributed by atoms with Gasteiger partial charge in [-0.2, -0.15) is 0 Å². The Morgan fingerprint density at radius 2 is 1.69 bits per heavy atom. The Bertz CT molecular complexity index is 1530. The summed E-state index contributed by atoms with van der Waals surface area (Å²) in [6.45, 7) is 16.5. The summed E-state index contributed by atoms with van der Waals surface area (Å²) in [4.78, 5) is 60.3. The monoisotopic (exact) mass is 753 g/mol. The van der Waals surface area contributed by atoms with Gasteiger partial charge in [0.05, 0.1) is 30.1 Å². The maximum atomic E-state index is 14.3. The van der Waals surface area contributed by atoms with Gasteiger partial charge in [0.15, 0.2) is 0 Å². The lowest BCUT2D eigenvalue weighted by Crippen LogP contribution is -2.58. The van der Waals surface area contributed by atoms with Gasteiger partial charge in [0.2, 0.25) is 11.8 Å². The van der Waals surface area contributed by atoms with E-state index in [9.17, 15) is 29.4 Å². The van der Waals surface area contributed by atoms with E-state index in [0.717, 1.165) is 12.0 Å². The van der Waals surface area contributed by atoms with Crippen LogP contribution in [0.15, 0.2) is 48.5 Å². The molecule has 1 saturated heterocycles. The van der Waals surface area contributed by atoms with Gasteiger partial charge in [-0.25, -0.2) is 14.6 Å². The molecule has 0 bridgehead atoms. The zero-order valence-electron chi connectivity index (χ0n) is 33.3. The molecule has 14 nitrogen and oxygen atoms in total. The van der Waals surface area contributed by atoms with Crippen LogP contribution in [0.25, 0.3) is 0 Å². The van der Waals surface area contributed by atoms with E-state index in [2.05, 4.69) is 34.9 Å². The Kier molecular flexibility index (Phi) is 16.2. The van der Waals surface area contributed by atoms with Crippen molar-refractivity contribution in [3.63, 3.8) is 0 Å². The normalized spacial score (nSPS) is 16.0. The first kappa shape index (κ1) is 44.1. The Labute approximate surface area is 320 Å². The van der Waals surface area contributed by atoms with Crippen LogP contribution >= 0.6 is 0 Å². The number of aromatic nitrogens is 1. The lowest BCUT2D eigenvalue weighted by atomic mass is 9.89. The number of carbonyl (C=O) groups excluding carboxylic acids is 3. The molecule has 1 aliphatic heterocycles. The standard InChI is InChI=1S/C40H63N7O7/c1-9-28(4)35(47-21-20-45(38(47)53)24-30-16-13-17-33(42-30)40(7,8)54)36(50)43-31(22-29-14-11-10-12-15-29)32(48)25-46(19-18-27(2)3)44-34(49)23-39(5,6)26-41-37(51)52/h10-17,27-28,31-32,35,41,48,54H,9,18-26H2,1-8H3,(H,43,50)(H,44,49)(H,51,52)/t28-,31-,32-,35-/m0/s1. The average molecular weight is 754 g/mol. The number of hydrazine groups is 1. The van der Waals surface area contributed by atoms with E-state index in [4.69, 9.17) is 5.11 Å². The van der Waals surface area contributed by atoms with Gasteiger partial charge < -0.3 is 35.8 Å². The molecule has 6 N–H and O–H groups in total. The average Bonchev–Trinajstić information content (AvgIpc) is 3.44. The second-order valence-electron chi connectivity index (χ2n) is 16.3. The van der Waals surface area contributed by atoms with Crippen LogP contribution in [-0.2, 0) is 28.2 Å². The molecule has 2 heterocycles. The number of amides is 5. The highest BCUT2D eigenvalue weighted by atomic mass is 16.4. The summed E-state index contributed by atoms with van der Waals surface area (Å²) in [6, 6.07) is 13.0. The smallest absolute Gasteiger partial charge is 0.404 e. The number of urea groups is 1. The third-order valence-electron chi connectivity index (χ3n) is 9.82. The number of hydrogen-bond acceptors (Lipinski definition) is 8. The van der Waals surface area contributed by atoms with Gasteiger partial charge in [-0.1, -0.05) is 84.4 Å². The van der Waals surface area contributed by atoms with E-state index in [0.29, 0.717) is 49.8 Å². The lowest BCUT2D eigenvalue weighted by Gasteiger charge is -2.35. The highest BCUT2D eigenvalue weighted by Gasteiger charge is 2.41. The van der Waals surface area contributed by atoms with Crippen molar-refractivity contribution >= 4 is 23.9 Å². The van der Waals surface area contributed by atoms with Crippen LogP contribution in [0.5, 0.6) is 0 Å². The Morgan fingerprint density at radius 3 is 2.30 bits per heavy atom. The molecule has 3 rings (SSSR count). The molecule has 0 saturated carbocycles. The molecule has 0 radical (unpaired) electrons. The minimum atomic E-state index is -1.16. The van der Waals surface area contributed by atoms with E-state index in [1.165, 1.54) is 0 Å². The van der Waals surface area contributed by atoms with Gasteiger partial charge in [-0.15, -0.1) is 0 Å². The first-order chi connectivity index (χ1) is 25.3. The number of carboxylic acid groups (broad SMARTS) is 1. The minimum absolute atomic E-state index is 0.0190. The van der Waals surface area contributed by atoms with Crippen molar-refractivity contribution in [2.24, 2.45) is 17.3 Å². The van der Waals surface area contributed by atoms with Crippen LogP contribution in [0.1, 0.15) is 91.6 Å². The van der Waals surface area contributed by atoms with E-state index >= 15 is 0 Å². The minimum Gasteiger partial charge on any atom is -0.465 e. The summed E-state index contributed by atoms with van der Waals surface area (Å²) in [5, 5.41) is 38.4. The second-order valence-corrected chi connectivity index (χ2v) is 16.3. The molecule has 2 aromatic rings. The predicted octanol–water partition coefficient (Wildman–Crippen LogP) is 4.11. The summed E-state index contributed by atoms with van der Waals surface area (Å²) >= 11 is 0. The van der Waals surface area contributed by atoms with Crippen LogP contribution in [0, 0.1) is 17.3 Å². The zero-order valence-corrected chi connectivity index (χ0v) is 33.3. The fourth-order valence-corrected chi connectivity index (χ4v) is 6.45. The second kappa shape index (κ2) is 19.9. The number of pyridine rings is 1. The summed E-state index contributed by atoms with van der Waals surface area (Å²) in [5.41, 5.74) is 3.18. The van der Waals surface area contributed by atoms with Crippen molar-refractivity contribution in [1.82, 2.24) is 35.9 Å². The highest BCUT2D eigenvalue weighted by molar-refractivity contribution is 5.88. The van der Waals surface area contributed by atoms with E-state index < -0.39 is 35.3 Å². The molecule has 1 fully saturated rings. The van der Waals surface area contributed by atoms with E-state index in [-0.39, 0.29) is 49.8 Å². The Morgan fingerprint density at radius 1 is 1.00 bits per heavy atom. The maximum absolute atomic E-state index is 14.3. The number of nitrogens with one attached hydrogen (secondary N) is 3. The Balaban J connectivity index is 1.82. The van der Waals surface area contributed by atoms with Crippen molar-refractivity contribution in [1.29, 1.82) is 0 Å². The molecule has 5 amide bonds. The van der Waals surface area contributed by atoms with Crippen molar-refractivity contribution in [3.8, 4) is 0 Å². The topological polar surface area (TPSA) is 188 Å². The fourth-order valence-electron chi connectivity index (χ4n) is 6.45. The highest BCUT2D eigenvalue weighted by Crippen LogP contribution is 2.24. The molecule has 0 spiro atoms. The maximum Gasteiger partial charge on any atom is 0.404 e. The van der Waals surface area contributed by atoms with Crippen LogP contribution in [0.2, 0.25) is 0 Å². The number of carbonyl (C=O) groups is 4. The van der Waals surface area contributed by atoms with Crippen molar-refractivity contribution in [2.75, 3.05) is 32.7 Å². The van der Waals surface area contributed by atoms with Gasteiger partial charge >= 0.3 is 12.1 Å². The van der Waals surface area contributed by atoms with Gasteiger partial charge in [-0.3, -0.25) is 20.0 Å². The summed E-state index contributed by atoms with van der Waals surface area (Å²) < 4.78 is 0. The number of rotatable bonds is 21. The van der Waals surface area contributed by atoms with E-state index in [1.54, 1.807) is 54.6 Å². The number of aliphatic hydroxyl groups is 2. The van der Waals surface area contributed by atoms with Crippen molar-refractivity contribution in [3.05, 3.63) is 65.5 Å². The quantitative estimate of drug-likeness (QED) is 0.102. The molecular weight excluding hydrogens is 690 g/mol. The molecule has 300 valence electrons. The summed E-state index contributed by atoms with van der Waals surface area (Å²) in [5.74, 6) is -0.566. The molecule has 4 atom stereocenters. The first-order valence-corrected chi connectivity index (χ1v) is 19.1. The van der Waals surface area contributed by atoms with Crippen LogP contribution in [0.3, 0.4) is 0 Å². The van der Waals surface area contributed by atoms with Gasteiger partial charge in [0.1, 0.15) is 11.6 Å². The van der Waals surface area contributed by atoms with Gasteiger partial charge in [0, 0.05) is 39.1 Å². The predicted molar refractivity (Wildman–Crippen MR) is 207 cm³/mol. The Hall–Kier alpha value is -4.27. The van der Waals surface area contributed by atoms with Gasteiger partial charge in [-0.05, 0) is 61.6 Å². The number of benzene rings is 1. The third kappa shape index (κ3) is 13.9. The van der Waals surface area contributed by atoms with Crippen LogP contribution in [-0.4, -0.2) is 110 Å². The summed E-state index contributed by atoms with van der Waals surface area (Å²) in [6.07, 6.45) is -0.552. The van der Waals surface area contributed by atoms with Crippen LogP contribution < -0.4 is 16.1 Å². The molecule has 1 aromatic carbocycles. The van der Waals surface area contributed by atoms with Crippen LogP contribution in [0.4, 0.5) is 9.59 Å². The zero-order chi connectivity index (χ0) is 40.2. The number of nitrogens with zero attached hydrogens (tertiary/aromatic N) is 4. The largest absolute Gasteiger partial charge is 0.465 e. The molecule has 1 aromatic heterocycles. The lowest BCUT2D eigenvalue weighted by molar-refractivity contribution is -0.131.